The highest BCUT2D eigenvalue weighted by Gasteiger charge is 2.22. The molecule has 0 saturated carbocycles. The molecule has 26 heavy (non-hydrogen) atoms. The Morgan fingerprint density at radius 3 is 2.31 bits per heavy atom. The molecule has 3 rings (SSSR count). The van der Waals surface area contributed by atoms with Gasteiger partial charge in [0.05, 0.1) is 33.3 Å². The van der Waals surface area contributed by atoms with Gasteiger partial charge in [0.25, 0.3) is 5.91 Å². The first-order chi connectivity index (χ1) is 12.7. The molecule has 1 amide bonds. The van der Waals surface area contributed by atoms with E-state index < -0.39 is 0 Å². The normalized spacial score (nSPS) is 14.9. The van der Waals surface area contributed by atoms with E-state index in [1.54, 1.807) is 7.11 Å². The number of amides is 1. The number of ether oxygens (including phenoxy) is 1. The summed E-state index contributed by atoms with van der Waals surface area (Å²) in [7, 11) is 1.63. The number of carbonyl (C=O) groups excluding carboxylic acids is 1. The van der Waals surface area contributed by atoms with E-state index in [1.165, 1.54) is 16.2 Å². The number of rotatable bonds is 6. The van der Waals surface area contributed by atoms with Gasteiger partial charge >= 0.3 is 0 Å². The van der Waals surface area contributed by atoms with Crippen LogP contribution in [0.5, 0.6) is 5.75 Å². The number of methoxy groups -OCH3 is 1. The number of carbonyl (C=O) groups is 1. The first kappa shape index (κ1) is 18.3. The summed E-state index contributed by atoms with van der Waals surface area (Å²) in [6, 6.07) is 16.3. The molecule has 5 nitrogen and oxygen atoms in total. The highest BCUT2D eigenvalue weighted by atomic mass is 16.5. The van der Waals surface area contributed by atoms with Gasteiger partial charge in [0.1, 0.15) is 5.75 Å². The largest absolute Gasteiger partial charge is 0.497 e. The summed E-state index contributed by atoms with van der Waals surface area (Å²) in [5.74, 6) is 0.850. The van der Waals surface area contributed by atoms with Crippen molar-refractivity contribution in [2.24, 2.45) is 0 Å². The van der Waals surface area contributed by atoms with Crippen LogP contribution < -0.4 is 19.9 Å². The van der Waals surface area contributed by atoms with Crippen molar-refractivity contribution in [3.63, 3.8) is 0 Å². The number of quaternary nitrogens is 1. The van der Waals surface area contributed by atoms with Crippen molar-refractivity contribution in [2.75, 3.05) is 50.1 Å². The van der Waals surface area contributed by atoms with E-state index in [9.17, 15) is 4.79 Å². The Morgan fingerprint density at radius 1 is 1.08 bits per heavy atom. The first-order valence-corrected chi connectivity index (χ1v) is 9.29. The van der Waals surface area contributed by atoms with Gasteiger partial charge in [-0.3, -0.25) is 4.79 Å². The van der Waals surface area contributed by atoms with Gasteiger partial charge < -0.3 is 19.9 Å². The lowest BCUT2D eigenvalue weighted by molar-refractivity contribution is -0.892. The minimum atomic E-state index is 0.0610. The van der Waals surface area contributed by atoms with Gasteiger partial charge in [0.2, 0.25) is 0 Å². The molecule has 5 heteroatoms. The number of nitrogens with one attached hydrogen (secondary N) is 2. The predicted molar refractivity (Wildman–Crippen MR) is 105 cm³/mol. The topological polar surface area (TPSA) is 46.0 Å². The molecule has 0 aromatic heterocycles. The molecule has 1 saturated heterocycles. The fourth-order valence-corrected chi connectivity index (χ4v) is 3.31. The second-order valence-corrected chi connectivity index (χ2v) is 6.71. The number of hydrogen-bond donors (Lipinski definition) is 2. The van der Waals surface area contributed by atoms with Gasteiger partial charge in [0.15, 0.2) is 6.54 Å². The average molecular weight is 354 g/mol. The van der Waals surface area contributed by atoms with Crippen molar-refractivity contribution in [2.45, 2.75) is 13.3 Å². The minimum Gasteiger partial charge on any atom is -0.497 e. The smallest absolute Gasteiger partial charge is 0.279 e. The number of piperazine rings is 1. The van der Waals surface area contributed by atoms with Gasteiger partial charge in [0, 0.05) is 11.4 Å². The number of hydrogen-bond acceptors (Lipinski definition) is 3. The van der Waals surface area contributed by atoms with Crippen molar-refractivity contribution in [1.29, 1.82) is 0 Å². The zero-order chi connectivity index (χ0) is 18.4. The molecule has 0 unspecified atom stereocenters. The highest BCUT2D eigenvalue weighted by molar-refractivity contribution is 5.91. The van der Waals surface area contributed by atoms with E-state index in [0.717, 1.165) is 44.0 Å². The van der Waals surface area contributed by atoms with Crippen LogP contribution in [-0.2, 0) is 11.2 Å². The van der Waals surface area contributed by atoms with Crippen molar-refractivity contribution >= 4 is 17.3 Å². The first-order valence-electron chi connectivity index (χ1n) is 9.29. The minimum absolute atomic E-state index is 0.0610. The van der Waals surface area contributed by atoms with Gasteiger partial charge in [-0.15, -0.1) is 0 Å². The second-order valence-electron chi connectivity index (χ2n) is 6.71. The molecule has 0 spiro atoms. The van der Waals surface area contributed by atoms with Crippen LogP contribution in [0, 0.1) is 0 Å². The zero-order valence-corrected chi connectivity index (χ0v) is 15.6. The van der Waals surface area contributed by atoms with Crippen LogP contribution in [0.2, 0.25) is 0 Å². The fourth-order valence-electron chi connectivity index (χ4n) is 3.31. The molecular weight excluding hydrogens is 326 g/mol. The Hall–Kier alpha value is -2.53. The van der Waals surface area contributed by atoms with Crippen LogP contribution in [0.3, 0.4) is 0 Å². The van der Waals surface area contributed by atoms with E-state index in [4.69, 9.17) is 4.74 Å². The maximum absolute atomic E-state index is 12.3. The zero-order valence-electron chi connectivity index (χ0n) is 15.6. The van der Waals surface area contributed by atoms with Crippen LogP contribution in [0.1, 0.15) is 12.5 Å². The quantitative estimate of drug-likeness (QED) is 0.828. The number of anilines is 2. The van der Waals surface area contributed by atoms with Gasteiger partial charge in [-0.25, -0.2) is 0 Å². The summed E-state index contributed by atoms with van der Waals surface area (Å²) < 4.78 is 5.13. The van der Waals surface area contributed by atoms with Crippen LogP contribution in [-0.4, -0.2) is 45.7 Å². The van der Waals surface area contributed by atoms with Crippen LogP contribution in [0.25, 0.3) is 0 Å². The maximum atomic E-state index is 12.3. The van der Waals surface area contributed by atoms with E-state index in [2.05, 4.69) is 41.4 Å². The Bertz CT molecular complexity index is 705. The molecule has 0 aliphatic carbocycles. The summed E-state index contributed by atoms with van der Waals surface area (Å²) in [5, 5.41) is 2.97. The third-order valence-corrected chi connectivity index (χ3v) is 4.96. The monoisotopic (exact) mass is 354 g/mol. The molecule has 1 heterocycles. The lowest BCUT2D eigenvalue weighted by Crippen LogP contribution is -3.15. The molecule has 2 aromatic rings. The third kappa shape index (κ3) is 4.76. The van der Waals surface area contributed by atoms with E-state index >= 15 is 0 Å². The van der Waals surface area contributed by atoms with Crippen molar-refractivity contribution in [3.8, 4) is 5.75 Å². The predicted octanol–water partition coefficient (Wildman–Crippen LogP) is 1.60. The molecule has 1 fully saturated rings. The summed E-state index contributed by atoms with van der Waals surface area (Å²) in [6.45, 7) is 6.60. The van der Waals surface area contributed by atoms with Crippen LogP contribution in [0.4, 0.5) is 11.4 Å². The molecule has 1 aliphatic heterocycles. The summed E-state index contributed by atoms with van der Waals surface area (Å²) in [5.41, 5.74) is 3.46. The number of benzene rings is 2. The SMILES string of the molecule is CCc1ccc(N2CC[NH+](CC(=O)Nc3ccc(OC)cc3)CC2)cc1. The summed E-state index contributed by atoms with van der Waals surface area (Å²) >= 11 is 0. The molecular formula is C21H28N3O2+. The standard InChI is InChI=1S/C21H27N3O2/c1-3-17-4-8-19(9-5-17)24-14-12-23(13-15-24)16-21(25)22-18-6-10-20(26-2)11-7-18/h4-11H,3,12-16H2,1-2H3,(H,22,25)/p+1. The molecule has 0 radical (unpaired) electrons. The molecule has 0 bridgehead atoms. The Labute approximate surface area is 155 Å². The van der Waals surface area contributed by atoms with Crippen LogP contribution >= 0.6 is 0 Å². The molecule has 2 N–H and O–H groups in total. The van der Waals surface area contributed by atoms with Gasteiger partial charge in [-0.1, -0.05) is 19.1 Å². The maximum Gasteiger partial charge on any atom is 0.279 e. The Balaban J connectivity index is 1.46. The van der Waals surface area contributed by atoms with E-state index in [1.807, 2.05) is 24.3 Å². The molecule has 138 valence electrons. The molecule has 1 aliphatic rings. The molecule has 0 atom stereocenters. The average Bonchev–Trinajstić information content (AvgIpc) is 2.69. The number of nitrogens with zero attached hydrogens (tertiary/aromatic N) is 1. The highest BCUT2D eigenvalue weighted by Crippen LogP contribution is 2.16. The fraction of sp³-hybridized carbons (Fsp3) is 0.381. The second kappa shape index (κ2) is 8.72. The van der Waals surface area contributed by atoms with Crippen LogP contribution in [0.15, 0.2) is 48.5 Å². The van der Waals surface area contributed by atoms with Gasteiger partial charge in [-0.2, -0.15) is 0 Å². The summed E-state index contributed by atoms with van der Waals surface area (Å²) in [6.07, 6.45) is 1.07. The van der Waals surface area contributed by atoms with Gasteiger partial charge in [-0.05, 0) is 48.4 Å². The van der Waals surface area contributed by atoms with Crippen molar-refractivity contribution in [1.82, 2.24) is 0 Å². The van der Waals surface area contributed by atoms with E-state index in [-0.39, 0.29) is 5.91 Å². The summed E-state index contributed by atoms with van der Waals surface area (Å²) in [4.78, 5) is 16.0. The third-order valence-electron chi connectivity index (χ3n) is 4.96. The van der Waals surface area contributed by atoms with Crippen molar-refractivity contribution < 1.29 is 14.4 Å². The van der Waals surface area contributed by atoms with E-state index in [0.29, 0.717) is 6.54 Å². The Morgan fingerprint density at radius 2 is 1.73 bits per heavy atom. The Kier molecular flexibility index (Phi) is 6.12. The lowest BCUT2D eigenvalue weighted by atomic mass is 10.1. The number of aryl methyl sites for hydroxylation is 1. The lowest BCUT2D eigenvalue weighted by Gasteiger charge is -2.33. The molecule has 2 aromatic carbocycles. The van der Waals surface area contributed by atoms with Crippen molar-refractivity contribution in [3.05, 3.63) is 54.1 Å².